The van der Waals surface area contributed by atoms with E-state index in [2.05, 4.69) is 6.58 Å². The normalized spacial score (nSPS) is 13.0. The van der Waals surface area contributed by atoms with Crippen LogP contribution in [0, 0.1) is 0 Å². The molecule has 112 valence electrons. The highest BCUT2D eigenvalue weighted by Gasteiger charge is 2.36. The van der Waals surface area contributed by atoms with Crippen molar-refractivity contribution in [2.75, 3.05) is 13.2 Å². The number of carbonyl (C=O) groups is 1. The fraction of sp³-hybridized carbons (Fsp3) is 0.769. The van der Waals surface area contributed by atoms with Crippen LogP contribution < -0.4 is 0 Å². The molecule has 0 aliphatic carbocycles. The molecule has 0 bridgehead atoms. The number of ether oxygens (including phenoxy) is 1. The van der Waals surface area contributed by atoms with E-state index in [1.165, 1.54) is 13.0 Å². The summed E-state index contributed by atoms with van der Waals surface area (Å²) in [6, 6.07) is 0. The fourth-order valence-electron chi connectivity index (χ4n) is 1.27. The zero-order valence-electron chi connectivity index (χ0n) is 12.1. The molecule has 0 rings (SSSR count). The second kappa shape index (κ2) is 10.2. The Labute approximate surface area is 115 Å². The minimum Gasteiger partial charge on any atom is -0.445 e. The predicted molar refractivity (Wildman–Crippen MR) is 75.1 cm³/mol. The maximum absolute atomic E-state index is 12.6. The standard InChI is InChI=1S/C13H25O5P/c1-5-8-10-16-19(15,17-11-9-6-2)13(7-3)18-12(4)14/h7,13H,3,5-6,8-11H2,1-2,4H3. The summed E-state index contributed by atoms with van der Waals surface area (Å²) in [5.41, 5.74) is 0. The van der Waals surface area contributed by atoms with Crippen LogP contribution in [0.4, 0.5) is 0 Å². The second-order valence-corrected chi connectivity index (χ2v) is 6.25. The lowest BCUT2D eigenvalue weighted by molar-refractivity contribution is -0.142. The number of esters is 1. The van der Waals surface area contributed by atoms with Gasteiger partial charge in [-0.2, -0.15) is 0 Å². The van der Waals surface area contributed by atoms with Crippen molar-refractivity contribution in [3.05, 3.63) is 12.7 Å². The van der Waals surface area contributed by atoms with Gasteiger partial charge in [0.1, 0.15) is 0 Å². The van der Waals surface area contributed by atoms with Crippen LogP contribution in [0.3, 0.4) is 0 Å². The van der Waals surface area contributed by atoms with Gasteiger partial charge in [-0.3, -0.25) is 9.36 Å². The van der Waals surface area contributed by atoms with Gasteiger partial charge in [0.25, 0.3) is 0 Å². The third-order valence-corrected chi connectivity index (χ3v) is 4.36. The van der Waals surface area contributed by atoms with E-state index in [0.29, 0.717) is 13.2 Å². The Morgan fingerprint density at radius 1 is 1.21 bits per heavy atom. The maximum atomic E-state index is 12.6. The van der Waals surface area contributed by atoms with Gasteiger partial charge in [0, 0.05) is 6.92 Å². The molecule has 0 N–H and O–H groups in total. The summed E-state index contributed by atoms with van der Waals surface area (Å²) in [5.74, 6) is -1.58. The van der Waals surface area contributed by atoms with E-state index in [9.17, 15) is 9.36 Å². The third-order valence-electron chi connectivity index (χ3n) is 2.34. The Bertz CT molecular complexity index is 302. The van der Waals surface area contributed by atoms with E-state index in [0.717, 1.165) is 25.7 Å². The first-order valence-electron chi connectivity index (χ1n) is 6.68. The number of hydrogen-bond donors (Lipinski definition) is 0. The van der Waals surface area contributed by atoms with Crippen molar-refractivity contribution in [1.82, 2.24) is 0 Å². The maximum Gasteiger partial charge on any atom is 0.374 e. The van der Waals surface area contributed by atoms with Crippen molar-refractivity contribution in [1.29, 1.82) is 0 Å². The molecule has 0 saturated heterocycles. The molecule has 0 saturated carbocycles. The first-order valence-corrected chi connectivity index (χ1v) is 8.29. The summed E-state index contributed by atoms with van der Waals surface area (Å²) in [7, 11) is -3.50. The van der Waals surface area contributed by atoms with Crippen LogP contribution >= 0.6 is 7.60 Å². The molecule has 0 aromatic heterocycles. The first kappa shape index (κ1) is 18.4. The fourth-order valence-corrected chi connectivity index (χ4v) is 2.94. The van der Waals surface area contributed by atoms with E-state index in [4.69, 9.17) is 13.8 Å². The lowest BCUT2D eigenvalue weighted by Gasteiger charge is -2.24. The molecule has 0 aliphatic rings. The minimum atomic E-state index is -3.50. The van der Waals surface area contributed by atoms with Gasteiger partial charge in [-0.25, -0.2) is 0 Å². The van der Waals surface area contributed by atoms with Gasteiger partial charge in [-0.1, -0.05) is 33.3 Å². The quantitative estimate of drug-likeness (QED) is 0.250. The highest BCUT2D eigenvalue weighted by Crippen LogP contribution is 2.54. The molecule has 0 heterocycles. The topological polar surface area (TPSA) is 61.8 Å². The average molecular weight is 292 g/mol. The Morgan fingerprint density at radius 3 is 2.00 bits per heavy atom. The molecule has 0 radical (unpaired) electrons. The van der Waals surface area contributed by atoms with Gasteiger partial charge in [0.05, 0.1) is 13.2 Å². The van der Waals surface area contributed by atoms with Crippen LogP contribution in [0.25, 0.3) is 0 Å². The van der Waals surface area contributed by atoms with Gasteiger partial charge in [-0.15, -0.1) is 0 Å². The summed E-state index contributed by atoms with van der Waals surface area (Å²) in [6.45, 7) is 9.40. The largest absolute Gasteiger partial charge is 0.445 e. The predicted octanol–water partition coefficient (Wildman–Crippen LogP) is 3.89. The highest BCUT2D eigenvalue weighted by molar-refractivity contribution is 7.54. The van der Waals surface area contributed by atoms with E-state index in [1.807, 2.05) is 13.8 Å². The van der Waals surface area contributed by atoms with Crippen molar-refractivity contribution < 1.29 is 23.1 Å². The third kappa shape index (κ3) is 7.51. The van der Waals surface area contributed by atoms with Crippen molar-refractivity contribution in [3.8, 4) is 0 Å². The molecule has 0 aliphatic heterocycles. The number of carbonyl (C=O) groups excluding carboxylic acids is 1. The number of hydrogen-bond acceptors (Lipinski definition) is 5. The molecule has 0 aromatic carbocycles. The lowest BCUT2D eigenvalue weighted by Crippen LogP contribution is -2.18. The van der Waals surface area contributed by atoms with E-state index in [-0.39, 0.29) is 0 Å². The van der Waals surface area contributed by atoms with E-state index >= 15 is 0 Å². The average Bonchev–Trinajstić information content (AvgIpc) is 2.36. The van der Waals surface area contributed by atoms with Gasteiger partial charge in [0.15, 0.2) is 0 Å². The van der Waals surface area contributed by atoms with Crippen LogP contribution in [0.1, 0.15) is 46.5 Å². The molecule has 1 unspecified atom stereocenters. The van der Waals surface area contributed by atoms with E-state index in [1.54, 1.807) is 0 Å². The molecule has 0 aromatic rings. The molecule has 0 spiro atoms. The van der Waals surface area contributed by atoms with Gasteiger partial charge >= 0.3 is 13.6 Å². The summed E-state index contributed by atoms with van der Waals surface area (Å²) in [4.78, 5) is 11.0. The van der Waals surface area contributed by atoms with Crippen LogP contribution in [0.15, 0.2) is 12.7 Å². The molecule has 1 atom stereocenters. The molecule has 0 amide bonds. The van der Waals surface area contributed by atoms with Crippen molar-refractivity contribution in [3.63, 3.8) is 0 Å². The zero-order valence-corrected chi connectivity index (χ0v) is 13.0. The Morgan fingerprint density at radius 2 is 1.68 bits per heavy atom. The monoisotopic (exact) mass is 292 g/mol. The van der Waals surface area contributed by atoms with Crippen LogP contribution in [-0.2, 0) is 23.1 Å². The minimum absolute atomic E-state index is 0.311. The summed E-state index contributed by atoms with van der Waals surface area (Å²) >= 11 is 0. The van der Waals surface area contributed by atoms with Crippen molar-refractivity contribution in [2.24, 2.45) is 0 Å². The molecular formula is C13H25O5P. The molecule has 6 heteroatoms. The molecule has 5 nitrogen and oxygen atoms in total. The molecule has 0 fully saturated rings. The van der Waals surface area contributed by atoms with Crippen molar-refractivity contribution >= 4 is 13.6 Å². The molecular weight excluding hydrogens is 267 g/mol. The Kier molecular flexibility index (Phi) is 9.84. The first-order chi connectivity index (χ1) is 9.00. The smallest absolute Gasteiger partial charge is 0.374 e. The van der Waals surface area contributed by atoms with E-state index < -0.39 is 19.4 Å². The van der Waals surface area contributed by atoms with Crippen LogP contribution in [0.2, 0.25) is 0 Å². The van der Waals surface area contributed by atoms with Gasteiger partial charge < -0.3 is 13.8 Å². The van der Waals surface area contributed by atoms with Gasteiger partial charge in [0.2, 0.25) is 5.85 Å². The second-order valence-electron chi connectivity index (χ2n) is 4.15. The lowest BCUT2D eigenvalue weighted by atomic mass is 10.4. The summed E-state index contributed by atoms with van der Waals surface area (Å²) in [6.07, 6.45) is 4.67. The SMILES string of the molecule is C=CC(OC(C)=O)P(=O)(OCCCC)OCCCC. The van der Waals surface area contributed by atoms with Gasteiger partial charge in [-0.05, 0) is 18.9 Å². The summed E-state index contributed by atoms with van der Waals surface area (Å²) < 4.78 is 28.3. The Balaban J connectivity index is 4.72. The highest BCUT2D eigenvalue weighted by atomic mass is 31.2. The Hall–Kier alpha value is -0.640. The number of rotatable bonds is 11. The zero-order chi connectivity index (χ0) is 14.7. The van der Waals surface area contributed by atoms with Crippen LogP contribution in [-0.4, -0.2) is 25.0 Å². The summed E-state index contributed by atoms with van der Waals surface area (Å²) in [5, 5.41) is 0. The van der Waals surface area contributed by atoms with Crippen LogP contribution in [0.5, 0.6) is 0 Å². The van der Waals surface area contributed by atoms with Crippen molar-refractivity contribution in [2.45, 2.75) is 52.3 Å². The molecule has 19 heavy (non-hydrogen) atoms. The number of unbranched alkanes of at least 4 members (excludes halogenated alkanes) is 2.